The molecule has 1 radical (unpaired) electrons. The molecule has 0 atom stereocenters. The molecule has 0 aliphatic rings. The molecule has 2 rings (SSSR count). The van der Waals surface area contributed by atoms with Gasteiger partial charge in [-0.25, -0.2) is 4.39 Å². The van der Waals surface area contributed by atoms with E-state index in [9.17, 15) is 4.39 Å². The largest absolute Gasteiger partial charge is 0.207 e. The van der Waals surface area contributed by atoms with Crippen molar-refractivity contribution in [3.05, 3.63) is 78.0 Å². The molecule has 0 N–H and O–H groups in total. The third kappa shape index (κ3) is 2.93. The highest BCUT2D eigenvalue weighted by molar-refractivity contribution is 5.25. The molecule has 16 heavy (non-hydrogen) atoms. The summed E-state index contributed by atoms with van der Waals surface area (Å²) >= 11 is 0. The Balaban J connectivity index is 1.99. The number of rotatable bonds is 3. The summed E-state index contributed by atoms with van der Waals surface area (Å²) in [7, 11) is 0. The number of hydrogen-bond donors (Lipinski definition) is 0. The minimum atomic E-state index is -0.161. The van der Waals surface area contributed by atoms with Crippen molar-refractivity contribution in [2.45, 2.75) is 12.8 Å². The minimum absolute atomic E-state index is 0.161. The van der Waals surface area contributed by atoms with Gasteiger partial charge in [-0.15, -0.1) is 0 Å². The molecule has 0 aliphatic heterocycles. The topological polar surface area (TPSA) is 0 Å². The smallest absolute Gasteiger partial charge is 0.123 e. The molecule has 0 heterocycles. The van der Waals surface area contributed by atoms with E-state index < -0.39 is 0 Å². The van der Waals surface area contributed by atoms with E-state index in [0.717, 1.165) is 24.0 Å². The molecule has 0 saturated heterocycles. The van der Waals surface area contributed by atoms with Crippen LogP contribution >= 0.6 is 0 Å². The zero-order valence-corrected chi connectivity index (χ0v) is 9.12. The number of benzene rings is 2. The fourth-order valence-corrected chi connectivity index (χ4v) is 1.69. The monoisotopic (exact) mass is 213 g/mol. The quantitative estimate of drug-likeness (QED) is 0.727. The van der Waals surface area contributed by atoms with E-state index in [1.807, 2.05) is 18.2 Å². The maximum Gasteiger partial charge on any atom is 0.123 e. The third-order valence-corrected chi connectivity index (χ3v) is 2.61. The Hall–Kier alpha value is -1.63. The first-order valence-electron chi connectivity index (χ1n) is 5.39. The van der Waals surface area contributed by atoms with E-state index in [1.54, 1.807) is 12.1 Å². The van der Waals surface area contributed by atoms with Crippen LogP contribution in [0.25, 0.3) is 0 Å². The third-order valence-electron chi connectivity index (χ3n) is 2.61. The van der Waals surface area contributed by atoms with E-state index in [2.05, 4.69) is 19.1 Å². The first-order valence-corrected chi connectivity index (χ1v) is 5.39. The summed E-state index contributed by atoms with van der Waals surface area (Å²) in [6, 6.07) is 14.9. The fourth-order valence-electron chi connectivity index (χ4n) is 1.69. The highest BCUT2D eigenvalue weighted by Gasteiger charge is 1.97. The molecule has 0 amide bonds. The van der Waals surface area contributed by atoms with Crippen LogP contribution < -0.4 is 0 Å². The molecule has 0 bridgehead atoms. The summed E-state index contributed by atoms with van der Waals surface area (Å²) in [6.07, 6.45) is 1.80. The second-order valence-electron chi connectivity index (χ2n) is 3.95. The van der Waals surface area contributed by atoms with E-state index in [1.165, 1.54) is 11.6 Å². The normalized spacial score (nSPS) is 10.4. The molecule has 0 fully saturated rings. The summed E-state index contributed by atoms with van der Waals surface area (Å²) < 4.78 is 12.9. The van der Waals surface area contributed by atoms with Crippen molar-refractivity contribution in [2.24, 2.45) is 0 Å². The van der Waals surface area contributed by atoms with Crippen molar-refractivity contribution in [1.82, 2.24) is 0 Å². The Kier molecular flexibility index (Phi) is 3.35. The van der Waals surface area contributed by atoms with Crippen LogP contribution in [-0.4, -0.2) is 0 Å². The first-order chi connectivity index (χ1) is 7.74. The molecular weight excluding hydrogens is 199 g/mol. The second-order valence-corrected chi connectivity index (χ2v) is 3.95. The molecule has 0 aromatic heterocycles. The lowest BCUT2D eigenvalue weighted by atomic mass is 10.0. The van der Waals surface area contributed by atoms with Gasteiger partial charge in [0.1, 0.15) is 5.82 Å². The minimum Gasteiger partial charge on any atom is -0.207 e. The van der Waals surface area contributed by atoms with Crippen molar-refractivity contribution in [3.8, 4) is 0 Å². The highest BCUT2D eigenvalue weighted by Crippen LogP contribution is 2.09. The molecule has 0 aliphatic carbocycles. The van der Waals surface area contributed by atoms with Crippen molar-refractivity contribution in [3.63, 3.8) is 0 Å². The van der Waals surface area contributed by atoms with Crippen LogP contribution in [0.1, 0.15) is 16.7 Å². The van der Waals surface area contributed by atoms with Crippen LogP contribution in [0.5, 0.6) is 0 Å². The van der Waals surface area contributed by atoms with Crippen LogP contribution in [0.4, 0.5) is 4.39 Å². The van der Waals surface area contributed by atoms with Crippen LogP contribution in [0, 0.1) is 12.7 Å². The van der Waals surface area contributed by atoms with Crippen molar-refractivity contribution < 1.29 is 4.39 Å². The van der Waals surface area contributed by atoms with Gasteiger partial charge in [0.15, 0.2) is 0 Å². The molecule has 2 aromatic carbocycles. The molecule has 1 heteroatoms. The highest BCUT2D eigenvalue weighted by atomic mass is 19.1. The van der Waals surface area contributed by atoms with Crippen molar-refractivity contribution >= 4 is 0 Å². The Morgan fingerprint density at radius 3 is 2.25 bits per heavy atom. The van der Waals surface area contributed by atoms with Gasteiger partial charge in [-0.3, -0.25) is 0 Å². The number of aryl methyl sites for hydroxylation is 2. The zero-order chi connectivity index (χ0) is 11.4. The Morgan fingerprint density at radius 1 is 0.875 bits per heavy atom. The van der Waals surface area contributed by atoms with Gasteiger partial charge in [0.25, 0.3) is 0 Å². The molecule has 0 saturated carbocycles. The zero-order valence-electron chi connectivity index (χ0n) is 9.12. The van der Waals surface area contributed by atoms with Gasteiger partial charge in [0, 0.05) is 0 Å². The maximum absolute atomic E-state index is 12.9. The Bertz CT molecular complexity index is 457. The summed E-state index contributed by atoms with van der Waals surface area (Å²) in [5, 5.41) is 0. The Morgan fingerprint density at radius 2 is 1.56 bits per heavy atom. The predicted molar refractivity (Wildman–Crippen MR) is 64.7 cm³/mol. The average Bonchev–Trinajstić information content (AvgIpc) is 2.28. The molecule has 0 spiro atoms. The van der Waals surface area contributed by atoms with Gasteiger partial charge in [-0.1, -0.05) is 36.4 Å². The van der Waals surface area contributed by atoms with Gasteiger partial charge >= 0.3 is 0 Å². The second kappa shape index (κ2) is 4.93. The van der Waals surface area contributed by atoms with Crippen LogP contribution in [0.3, 0.4) is 0 Å². The van der Waals surface area contributed by atoms with E-state index >= 15 is 0 Å². The molecule has 0 nitrogen and oxygen atoms in total. The van der Waals surface area contributed by atoms with E-state index in [0.29, 0.717) is 0 Å². The molecular formula is C15H14F. The van der Waals surface area contributed by atoms with Crippen molar-refractivity contribution in [2.75, 3.05) is 0 Å². The lowest BCUT2D eigenvalue weighted by molar-refractivity contribution is 0.625. The molecule has 81 valence electrons. The number of hydrogen-bond acceptors (Lipinski definition) is 0. The van der Waals surface area contributed by atoms with Gasteiger partial charge < -0.3 is 0 Å². The standard InChI is InChI=1S/C15H14F/c1-12-5-7-13(8-6-12)9-10-14-3-2-4-15(16)11-14/h2-8,11H,1,9-10H2. The average molecular weight is 213 g/mol. The summed E-state index contributed by atoms with van der Waals surface area (Å²) in [5.41, 5.74) is 3.32. The van der Waals surface area contributed by atoms with Gasteiger partial charge in [0.05, 0.1) is 0 Å². The van der Waals surface area contributed by atoms with E-state index in [-0.39, 0.29) is 5.82 Å². The van der Waals surface area contributed by atoms with Crippen LogP contribution in [0.15, 0.2) is 48.5 Å². The van der Waals surface area contributed by atoms with Crippen LogP contribution in [0.2, 0.25) is 0 Å². The molecule has 0 unspecified atom stereocenters. The number of halogens is 1. The van der Waals surface area contributed by atoms with Crippen molar-refractivity contribution in [1.29, 1.82) is 0 Å². The maximum atomic E-state index is 12.9. The predicted octanol–water partition coefficient (Wildman–Crippen LogP) is 3.79. The Labute approximate surface area is 95.7 Å². The lowest BCUT2D eigenvalue weighted by Gasteiger charge is -2.02. The van der Waals surface area contributed by atoms with E-state index in [4.69, 9.17) is 0 Å². The fraction of sp³-hybridized carbons (Fsp3) is 0.133. The first kappa shape index (κ1) is 10.9. The van der Waals surface area contributed by atoms with Gasteiger partial charge in [-0.05, 0) is 48.6 Å². The summed E-state index contributed by atoms with van der Waals surface area (Å²) in [5.74, 6) is -0.161. The lowest BCUT2D eigenvalue weighted by Crippen LogP contribution is -1.91. The summed E-state index contributed by atoms with van der Waals surface area (Å²) in [6.45, 7) is 3.84. The SMILES string of the molecule is [CH2]c1ccc(CCc2cccc(F)c2)cc1. The van der Waals surface area contributed by atoms with Gasteiger partial charge in [0.2, 0.25) is 0 Å². The van der Waals surface area contributed by atoms with Crippen LogP contribution in [-0.2, 0) is 12.8 Å². The van der Waals surface area contributed by atoms with Gasteiger partial charge in [-0.2, -0.15) is 0 Å². The summed E-state index contributed by atoms with van der Waals surface area (Å²) in [4.78, 5) is 0. The molecule has 2 aromatic rings.